The molecule has 0 saturated carbocycles. The van der Waals surface area contributed by atoms with E-state index in [9.17, 15) is 14.4 Å². The average Bonchev–Trinajstić information content (AvgIpc) is 2.75. The first kappa shape index (κ1) is 21.5. The molecule has 0 unspecified atom stereocenters. The Morgan fingerprint density at radius 1 is 0.931 bits per heavy atom. The molecule has 0 spiro atoms. The van der Waals surface area contributed by atoms with Crippen LogP contribution in [0.2, 0.25) is 0 Å². The van der Waals surface area contributed by atoms with Gasteiger partial charge in [0, 0.05) is 17.7 Å². The second-order valence-corrected chi connectivity index (χ2v) is 5.63. The van der Waals surface area contributed by atoms with Gasteiger partial charge in [-0.25, -0.2) is 4.79 Å². The number of hydrogen-bond acceptors (Lipinski definition) is 7. The largest absolute Gasteiger partial charge is 0.497 e. The van der Waals surface area contributed by atoms with Gasteiger partial charge >= 0.3 is 5.97 Å². The van der Waals surface area contributed by atoms with Crippen molar-refractivity contribution in [2.24, 2.45) is 0 Å². The van der Waals surface area contributed by atoms with Crippen LogP contribution in [0.25, 0.3) is 6.08 Å². The minimum Gasteiger partial charge on any atom is -0.497 e. The Kier molecular flexibility index (Phi) is 7.78. The molecule has 2 amide bonds. The van der Waals surface area contributed by atoms with E-state index in [0.29, 0.717) is 22.8 Å². The van der Waals surface area contributed by atoms with Crippen molar-refractivity contribution in [1.82, 2.24) is 5.32 Å². The van der Waals surface area contributed by atoms with Gasteiger partial charge < -0.3 is 18.9 Å². The van der Waals surface area contributed by atoms with Crippen molar-refractivity contribution in [3.63, 3.8) is 0 Å². The number of imide groups is 1. The van der Waals surface area contributed by atoms with Crippen LogP contribution in [0.4, 0.5) is 0 Å². The molecule has 152 valence electrons. The van der Waals surface area contributed by atoms with Gasteiger partial charge in [0.1, 0.15) is 17.2 Å². The Bertz CT molecular complexity index is 921. The first-order chi connectivity index (χ1) is 14.0. The summed E-state index contributed by atoms with van der Waals surface area (Å²) in [6, 6.07) is 11.5. The number of esters is 1. The zero-order valence-electron chi connectivity index (χ0n) is 16.3. The van der Waals surface area contributed by atoms with Gasteiger partial charge in [-0.15, -0.1) is 0 Å². The maximum absolute atomic E-state index is 12.1. The van der Waals surface area contributed by atoms with Gasteiger partial charge in [0.25, 0.3) is 11.8 Å². The predicted octanol–water partition coefficient (Wildman–Crippen LogP) is 2.23. The summed E-state index contributed by atoms with van der Waals surface area (Å²) in [4.78, 5) is 35.8. The van der Waals surface area contributed by atoms with E-state index in [0.717, 1.165) is 6.08 Å². The molecule has 8 heteroatoms. The zero-order chi connectivity index (χ0) is 21.2. The summed E-state index contributed by atoms with van der Waals surface area (Å²) >= 11 is 0. The van der Waals surface area contributed by atoms with Crippen molar-refractivity contribution in [1.29, 1.82) is 0 Å². The quantitative estimate of drug-likeness (QED) is 0.537. The number of ether oxygens (including phenoxy) is 4. The highest BCUT2D eigenvalue weighted by Crippen LogP contribution is 2.25. The van der Waals surface area contributed by atoms with Crippen LogP contribution in [0, 0.1) is 0 Å². The van der Waals surface area contributed by atoms with Crippen LogP contribution < -0.4 is 19.5 Å². The Morgan fingerprint density at radius 2 is 1.66 bits per heavy atom. The van der Waals surface area contributed by atoms with E-state index in [1.165, 1.54) is 33.5 Å². The fraction of sp³-hybridized carbons (Fsp3) is 0.190. The number of nitrogens with one attached hydrogen (secondary N) is 1. The molecule has 0 bridgehead atoms. The minimum absolute atomic E-state index is 0.196. The molecule has 0 radical (unpaired) electrons. The number of benzene rings is 2. The fourth-order valence-corrected chi connectivity index (χ4v) is 2.36. The van der Waals surface area contributed by atoms with Gasteiger partial charge in [0.15, 0.2) is 6.61 Å². The molecule has 0 aliphatic rings. The molecule has 2 aromatic rings. The first-order valence-corrected chi connectivity index (χ1v) is 8.52. The highest BCUT2D eigenvalue weighted by atomic mass is 16.5. The Hall–Kier alpha value is -3.81. The van der Waals surface area contributed by atoms with Gasteiger partial charge in [-0.1, -0.05) is 12.1 Å². The second-order valence-electron chi connectivity index (χ2n) is 5.63. The van der Waals surface area contributed by atoms with Crippen molar-refractivity contribution in [2.75, 3.05) is 27.9 Å². The molecule has 0 aromatic heterocycles. The van der Waals surface area contributed by atoms with Crippen LogP contribution in [0.3, 0.4) is 0 Å². The van der Waals surface area contributed by atoms with Crippen LogP contribution in [0.15, 0.2) is 48.5 Å². The summed E-state index contributed by atoms with van der Waals surface area (Å²) in [6.45, 7) is -0.607. The van der Waals surface area contributed by atoms with Gasteiger partial charge in [0.05, 0.1) is 26.9 Å². The molecule has 29 heavy (non-hydrogen) atoms. The maximum atomic E-state index is 12.1. The molecule has 8 nitrogen and oxygen atoms in total. The average molecular weight is 399 g/mol. The summed E-state index contributed by atoms with van der Waals surface area (Å²) in [5.41, 5.74) is 0.822. The minimum atomic E-state index is -0.760. The Balaban J connectivity index is 1.89. The molecular weight excluding hydrogens is 378 g/mol. The number of hydrogen-bond donors (Lipinski definition) is 1. The van der Waals surface area contributed by atoms with Crippen LogP contribution in [0.5, 0.6) is 17.2 Å². The molecule has 0 aliphatic carbocycles. The third-order valence-electron chi connectivity index (χ3n) is 3.79. The summed E-state index contributed by atoms with van der Waals surface area (Å²) in [5, 5.41) is 2.14. The van der Waals surface area contributed by atoms with Crippen molar-refractivity contribution < 1.29 is 33.3 Å². The smallest absolute Gasteiger partial charge is 0.331 e. The lowest BCUT2D eigenvalue weighted by Gasteiger charge is -2.08. The van der Waals surface area contributed by atoms with Crippen LogP contribution >= 0.6 is 0 Å². The van der Waals surface area contributed by atoms with E-state index in [4.69, 9.17) is 18.9 Å². The van der Waals surface area contributed by atoms with Gasteiger partial charge in [-0.3, -0.25) is 14.9 Å². The van der Waals surface area contributed by atoms with Crippen molar-refractivity contribution in [3.8, 4) is 17.2 Å². The van der Waals surface area contributed by atoms with E-state index in [1.54, 1.807) is 36.4 Å². The molecule has 2 rings (SSSR count). The topological polar surface area (TPSA) is 100 Å². The third-order valence-corrected chi connectivity index (χ3v) is 3.79. The van der Waals surface area contributed by atoms with E-state index in [-0.39, 0.29) is 5.56 Å². The van der Waals surface area contributed by atoms with Crippen LogP contribution in [0.1, 0.15) is 15.9 Å². The summed E-state index contributed by atoms with van der Waals surface area (Å²) in [7, 11) is 4.44. The molecular formula is C21H21NO7. The molecule has 2 aromatic carbocycles. The van der Waals surface area contributed by atoms with E-state index in [2.05, 4.69) is 5.32 Å². The van der Waals surface area contributed by atoms with Crippen LogP contribution in [-0.2, 0) is 14.3 Å². The Morgan fingerprint density at radius 3 is 2.34 bits per heavy atom. The summed E-state index contributed by atoms with van der Waals surface area (Å²) < 4.78 is 20.3. The number of amides is 2. The Labute approximate surface area is 168 Å². The molecule has 0 saturated heterocycles. The van der Waals surface area contributed by atoms with Crippen molar-refractivity contribution in [3.05, 3.63) is 59.7 Å². The van der Waals surface area contributed by atoms with Crippen molar-refractivity contribution >= 4 is 23.9 Å². The van der Waals surface area contributed by atoms with E-state index in [1.807, 2.05) is 0 Å². The second kappa shape index (κ2) is 10.5. The van der Waals surface area contributed by atoms with Gasteiger partial charge in [-0.2, -0.15) is 0 Å². The molecule has 1 N–H and O–H groups in total. The van der Waals surface area contributed by atoms with E-state index < -0.39 is 24.4 Å². The fourth-order valence-electron chi connectivity index (χ4n) is 2.36. The number of methoxy groups -OCH3 is 3. The highest BCUT2D eigenvalue weighted by molar-refractivity contribution is 6.06. The number of carbonyl (C=O) groups excluding carboxylic acids is 3. The molecule has 0 aliphatic heterocycles. The number of para-hydroxylation sites is 1. The molecule has 0 atom stereocenters. The SMILES string of the molecule is COc1ccc(/C=C/C(=O)OCC(=O)NC(=O)c2ccccc2OC)c(OC)c1. The lowest BCUT2D eigenvalue weighted by molar-refractivity contribution is -0.143. The molecule has 0 fully saturated rings. The summed E-state index contributed by atoms with van der Waals surface area (Å²) in [5.74, 6) is -0.716. The monoisotopic (exact) mass is 399 g/mol. The summed E-state index contributed by atoms with van der Waals surface area (Å²) in [6.07, 6.45) is 2.64. The third kappa shape index (κ3) is 6.10. The number of carbonyl (C=O) groups is 3. The highest BCUT2D eigenvalue weighted by Gasteiger charge is 2.15. The van der Waals surface area contributed by atoms with E-state index >= 15 is 0 Å². The normalized spacial score (nSPS) is 10.3. The lowest BCUT2D eigenvalue weighted by Crippen LogP contribution is -2.34. The first-order valence-electron chi connectivity index (χ1n) is 8.52. The van der Waals surface area contributed by atoms with Gasteiger partial charge in [0.2, 0.25) is 0 Å². The molecule has 0 heterocycles. The van der Waals surface area contributed by atoms with Crippen LogP contribution in [-0.4, -0.2) is 45.7 Å². The standard InChI is InChI=1S/C21H21NO7/c1-26-15-10-8-14(18(12-15)28-3)9-11-20(24)29-13-19(23)22-21(25)16-6-4-5-7-17(16)27-2/h4-12H,13H2,1-3H3,(H,22,23,25)/b11-9+. The number of rotatable bonds is 8. The predicted molar refractivity (Wildman–Crippen MR) is 105 cm³/mol. The maximum Gasteiger partial charge on any atom is 0.331 e. The zero-order valence-corrected chi connectivity index (χ0v) is 16.3. The van der Waals surface area contributed by atoms with Crippen molar-refractivity contribution in [2.45, 2.75) is 0 Å². The lowest BCUT2D eigenvalue weighted by atomic mass is 10.2. The van der Waals surface area contributed by atoms with Gasteiger partial charge in [-0.05, 0) is 30.3 Å².